The molecule has 1 aliphatic carbocycles. The number of rotatable bonds is 3. The number of nitrogens with one attached hydrogen (secondary N) is 1. The number of hydrogen-bond acceptors (Lipinski definition) is 3. The zero-order chi connectivity index (χ0) is 14.8. The summed E-state index contributed by atoms with van der Waals surface area (Å²) in [5.74, 6) is 0.845. The molecule has 3 unspecified atom stereocenters. The first kappa shape index (κ1) is 15.6. The molecule has 0 aromatic rings. The molecule has 1 aliphatic heterocycles. The van der Waals surface area contributed by atoms with Crippen molar-refractivity contribution < 1.29 is 9.53 Å². The van der Waals surface area contributed by atoms with Gasteiger partial charge in [0, 0.05) is 25.2 Å². The molecule has 116 valence electrons. The Morgan fingerprint density at radius 2 is 2.05 bits per heavy atom. The van der Waals surface area contributed by atoms with Crippen molar-refractivity contribution in [2.75, 3.05) is 13.1 Å². The van der Waals surface area contributed by atoms with E-state index in [-0.39, 0.29) is 6.09 Å². The number of hydrogen-bond donors (Lipinski definition) is 1. The second-order valence-corrected chi connectivity index (χ2v) is 7.49. The Labute approximate surface area is 123 Å². The first-order valence-corrected chi connectivity index (χ1v) is 8.08. The van der Waals surface area contributed by atoms with E-state index in [4.69, 9.17) is 4.74 Å². The standard InChI is InChI=1S/C16H30N2O2/c1-12-7-8-13(10-12)17-11-14-6-5-9-18(14)15(19)20-16(2,3)4/h12-14,17H,5-11H2,1-4H3. The second kappa shape index (κ2) is 6.33. The van der Waals surface area contributed by atoms with Gasteiger partial charge in [0.2, 0.25) is 0 Å². The molecule has 1 saturated carbocycles. The first-order valence-electron chi connectivity index (χ1n) is 8.08. The molecule has 2 rings (SSSR count). The zero-order valence-electron chi connectivity index (χ0n) is 13.4. The smallest absolute Gasteiger partial charge is 0.410 e. The van der Waals surface area contributed by atoms with Crippen LogP contribution in [-0.4, -0.2) is 41.8 Å². The zero-order valence-corrected chi connectivity index (χ0v) is 13.4. The number of carbonyl (C=O) groups excluding carboxylic acids is 1. The maximum atomic E-state index is 12.2. The van der Waals surface area contributed by atoms with Crippen molar-refractivity contribution in [3.05, 3.63) is 0 Å². The van der Waals surface area contributed by atoms with Crippen LogP contribution in [0.1, 0.15) is 59.8 Å². The van der Waals surface area contributed by atoms with E-state index in [1.807, 2.05) is 25.7 Å². The summed E-state index contributed by atoms with van der Waals surface area (Å²) in [4.78, 5) is 14.1. The number of carbonyl (C=O) groups is 1. The van der Waals surface area contributed by atoms with Gasteiger partial charge in [0.15, 0.2) is 0 Å². The van der Waals surface area contributed by atoms with Crippen molar-refractivity contribution in [3.8, 4) is 0 Å². The molecule has 3 atom stereocenters. The highest BCUT2D eigenvalue weighted by molar-refractivity contribution is 5.69. The van der Waals surface area contributed by atoms with Crippen LogP contribution in [0.2, 0.25) is 0 Å². The third-order valence-corrected chi connectivity index (χ3v) is 4.34. The van der Waals surface area contributed by atoms with E-state index in [1.165, 1.54) is 19.3 Å². The van der Waals surface area contributed by atoms with Gasteiger partial charge in [-0.3, -0.25) is 0 Å². The monoisotopic (exact) mass is 282 g/mol. The molecule has 0 aromatic heterocycles. The summed E-state index contributed by atoms with van der Waals surface area (Å²) in [5, 5.41) is 3.65. The molecule has 2 fully saturated rings. The van der Waals surface area contributed by atoms with Crippen LogP contribution in [0.3, 0.4) is 0 Å². The predicted molar refractivity (Wildman–Crippen MR) is 80.8 cm³/mol. The molecular weight excluding hydrogens is 252 g/mol. The molecule has 20 heavy (non-hydrogen) atoms. The number of nitrogens with zero attached hydrogens (tertiary/aromatic N) is 1. The fraction of sp³-hybridized carbons (Fsp3) is 0.938. The Morgan fingerprint density at radius 1 is 1.30 bits per heavy atom. The number of likely N-dealkylation sites (tertiary alicyclic amines) is 1. The predicted octanol–water partition coefficient (Wildman–Crippen LogP) is 3.16. The largest absolute Gasteiger partial charge is 0.444 e. The lowest BCUT2D eigenvalue weighted by Gasteiger charge is -2.29. The highest BCUT2D eigenvalue weighted by Crippen LogP contribution is 2.25. The maximum Gasteiger partial charge on any atom is 0.410 e. The molecular formula is C16H30N2O2. The first-order chi connectivity index (χ1) is 9.35. The van der Waals surface area contributed by atoms with Crippen molar-refractivity contribution in [3.63, 3.8) is 0 Å². The highest BCUT2D eigenvalue weighted by atomic mass is 16.6. The van der Waals surface area contributed by atoms with E-state index in [9.17, 15) is 4.79 Å². The molecule has 2 aliphatic rings. The maximum absolute atomic E-state index is 12.2. The van der Waals surface area contributed by atoms with Crippen LogP contribution in [0.4, 0.5) is 4.79 Å². The van der Waals surface area contributed by atoms with Gasteiger partial charge in [0.25, 0.3) is 0 Å². The minimum absolute atomic E-state index is 0.151. The molecule has 0 bridgehead atoms. The normalized spacial score (nSPS) is 30.8. The van der Waals surface area contributed by atoms with Crippen LogP contribution in [0.25, 0.3) is 0 Å². The number of ether oxygens (including phenoxy) is 1. The molecule has 1 heterocycles. The van der Waals surface area contributed by atoms with Crippen LogP contribution >= 0.6 is 0 Å². The molecule has 4 heteroatoms. The van der Waals surface area contributed by atoms with Gasteiger partial charge in [-0.2, -0.15) is 0 Å². The summed E-state index contributed by atoms with van der Waals surface area (Å²) in [5.41, 5.74) is -0.404. The highest BCUT2D eigenvalue weighted by Gasteiger charge is 2.32. The van der Waals surface area contributed by atoms with Crippen LogP contribution in [-0.2, 0) is 4.74 Å². The van der Waals surface area contributed by atoms with Crippen molar-refractivity contribution >= 4 is 6.09 Å². The average Bonchev–Trinajstić information content (AvgIpc) is 2.92. The van der Waals surface area contributed by atoms with Crippen molar-refractivity contribution in [2.45, 2.75) is 77.5 Å². The third-order valence-electron chi connectivity index (χ3n) is 4.34. The van der Waals surface area contributed by atoms with E-state index < -0.39 is 5.60 Å². The van der Waals surface area contributed by atoms with Crippen LogP contribution in [0, 0.1) is 5.92 Å². The lowest BCUT2D eigenvalue weighted by Crippen LogP contribution is -2.45. The van der Waals surface area contributed by atoms with E-state index in [2.05, 4.69) is 12.2 Å². The molecule has 1 saturated heterocycles. The topological polar surface area (TPSA) is 41.6 Å². The van der Waals surface area contributed by atoms with E-state index in [1.54, 1.807) is 0 Å². The van der Waals surface area contributed by atoms with Crippen LogP contribution in [0.15, 0.2) is 0 Å². The molecule has 4 nitrogen and oxygen atoms in total. The molecule has 1 N–H and O–H groups in total. The fourth-order valence-electron chi connectivity index (χ4n) is 3.30. The minimum Gasteiger partial charge on any atom is -0.444 e. The minimum atomic E-state index is -0.404. The fourth-order valence-corrected chi connectivity index (χ4v) is 3.30. The molecule has 0 spiro atoms. The summed E-state index contributed by atoms with van der Waals surface area (Å²) >= 11 is 0. The van der Waals surface area contributed by atoms with Gasteiger partial charge in [0.1, 0.15) is 5.60 Å². The van der Waals surface area contributed by atoms with E-state index >= 15 is 0 Å². The SMILES string of the molecule is CC1CCC(NCC2CCCN2C(=O)OC(C)(C)C)C1. The van der Waals surface area contributed by atoms with Gasteiger partial charge in [0.05, 0.1) is 0 Å². The third kappa shape index (κ3) is 4.37. The quantitative estimate of drug-likeness (QED) is 0.864. The van der Waals surface area contributed by atoms with Gasteiger partial charge in [-0.25, -0.2) is 4.79 Å². The summed E-state index contributed by atoms with van der Waals surface area (Å²) < 4.78 is 5.50. The Kier molecular flexibility index (Phi) is 4.95. The molecule has 1 amide bonds. The summed E-state index contributed by atoms with van der Waals surface area (Å²) in [7, 11) is 0. The van der Waals surface area contributed by atoms with Gasteiger partial charge >= 0.3 is 6.09 Å². The second-order valence-electron chi connectivity index (χ2n) is 7.49. The average molecular weight is 282 g/mol. The lowest BCUT2D eigenvalue weighted by atomic mass is 10.1. The van der Waals surface area contributed by atoms with E-state index in [0.717, 1.165) is 31.8 Å². The van der Waals surface area contributed by atoms with Gasteiger partial charge in [-0.05, 0) is 58.8 Å². The summed E-state index contributed by atoms with van der Waals surface area (Å²) in [6, 6.07) is 0.951. The van der Waals surface area contributed by atoms with Gasteiger partial charge < -0.3 is 15.0 Å². The summed E-state index contributed by atoms with van der Waals surface area (Å²) in [6.45, 7) is 9.85. The lowest BCUT2D eigenvalue weighted by molar-refractivity contribution is 0.0225. The number of amides is 1. The Morgan fingerprint density at radius 3 is 2.65 bits per heavy atom. The Hall–Kier alpha value is -0.770. The Bertz CT molecular complexity index is 338. The van der Waals surface area contributed by atoms with Gasteiger partial charge in [-0.1, -0.05) is 6.92 Å². The van der Waals surface area contributed by atoms with Crippen molar-refractivity contribution in [1.29, 1.82) is 0 Å². The molecule has 0 aromatic carbocycles. The summed E-state index contributed by atoms with van der Waals surface area (Å²) in [6.07, 6.45) is 5.92. The van der Waals surface area contributed by atoms with Crippen LogP contribution in [0.5, 0.6) is 0 Å². The molecule has 0 radical (unpaired) electrons. The van der Waals surface area contributed by atoms with Crippen LogP contribution < -0.4 is 5.32 Å². The van der Waals surface area contributed by atoms with Gasteiger partial charge in [-0.15, -0.1) is 0 Å². The van der Waals surface area contributed by atoms with Crippen molar-refractivity contribution in [2.24, 2.45) is 5.92 Å². The van der Waals surface area contributed by atoms with Crippen molar-refractivity contribution in [1.82, 2.24) is 10.2 Å². The van der Waals surface area contributed by atoms with E-state index in [0.29, 0.717) is 12.1 Å². The Balaban J connectivity index is 1.80.